The van der Waals surface area contributed by atoms with Crippen molar-refractivity contribution in [1.29, 1.82) is 0 Å². The maximum Gasteiger partial charge on any atom is 0.254 e. The first-order chi connectivity index (χ1) is 14.0. The predicted octanol–water partition coefficient (Wildman–Crippen LogP) is 4.88. The van der Waals surface area contributed by atoms with Crippen LogP contribution >= 0.6 is 0 Å². The largest absolute Gasteiger partial charge is 0.360 e. The lowest BCUT2D eigenvalue weighted by Gasteiger charge is -2.30. The van der Waals surface area contributed by atoms with Crippen LogP contribution in [0.3, 0.4) is 0 Å². The monoisotopic (exact) mass is 387 g/mol. The fraction of sp³-hybridized carbons (Fsp3) is 0.261. The second kappa shape index (κ2) is 7.54. The summed E-state index contributed by atoms with van der Waals surface area (Å²) in [4.78, 5) is 31.1. The van der Waals surface area contributed by atoms with E-state index in [-0.39, 0.29) is 18.0 Å². The van der Waals surface area contributed by atoms with Crippen LogP contribution in [0.4, 0.5) is 0 Å². The molecular weight excluding hydrogens is 362 g/mol. The average molecular weight is 387 g/mol. The summed E-state index contributed by atoms with van der Waals surface area (Å²) in [6.07, 6.45) is 3.73. The summed E-state index contributed by atoms with van der Waals surface area (Å²) in [5.74, 6) is 0.00793. The number of H-pyrrole nitrogens is 2. The van der Waals surface area contributed by atoms with Crippen molar-refractivity contribution in [2.75, 3.05) is 0 Å². The third-order valence-electron chi connectivity index (χ3n) is 4.96. The van der Waals surface area contributed by atoms with Crippen LogP contribution in [0.15, 0.2) is 54.9 Å². The maximum absolute atomic E-state index is 13.1. The minimum absolute atomic E-state index is 0.00793. The molecule has 0 fully saturated rings. The molecule has 29 heavy (non-hydrogen) atoms. The summed E-state index contributed by atoms with van der Waals surface area (Å²) in [5.41, 5.74) is 5.38. The molecule has 4 aromatic rings. The third kappa shape index (κ3) is 3.53. The molecule has 0 spiro atoms. The molecule has 0 radical (unpaired) electrons. The first-order valence-corrected chi connectivity index (χ1v) is 9.87. The number of carbonyl (C=O) groups is 1. The minimum atomic E-state index is 0.00793. The van der Waals surface area contributed by atoms with Gasteiger partial charge in [-0.25, -0.2) is 9.97 Å². The van der Waals surface area contributed by atoms with Crippen LogP contribution in [0, 0.1) is 0 Å². The number of nitrogens with zero attached hydrogens (tertiary/aromatic N) is 3. The van der Waals surface area contributed by atoms with E-state index in [4.69, 9.17) is 9.97 Å². The van der Waals surface area contributed by atoms with E-state index in [2.05, 4.69) is 9.97 Å². The molecular formula is C23H25N5O. The summed E-state index contributed by atoms with van der Waals surface area (Å²) in [6, 6.07) is 13.6. The molecule has 6 nitrogen and oxygen atoms in total. The van der Waals surface area contributed by atoms with E-state index < -0.39 is 0 Å². The fourth-order valence-corrected chi connectivity index (χ4v) is 3.73. The van der Waals surface area contributed by atoms with E-state index >= 15 is 0 Å². The van der Waals surface area contributed by atoms with Gasteiger partial charge in [0.05, 0.1) is 22.4 Å². The summed E-state index contributed by atoms with van der Waals surface area (Å²) in [6.45, 7) is 8.13. The number of hydrogen-bond acceptors (Lipinski definition) is 3. The minimum Gasteiger partial charge on any atom is -0.360 e. The molecule has 3 aromatic heterocycles. The van der Waals surface area contributed by atoms with Gasteiger partial charge in [0, 0.05) is 30.0 Å². The van der Waals surface area contributed by atoms with E-state index in [9.17, 15) is 4.79 Å². The van der Waals surface area contributed by atoms with Crippen molar-refractivity contribution in [3.8, 4) is 22.8 Å². The molecule has 0 unspecified atom stereocenters. The molecule has 0 saturated carbocycles. The fourth-order valence-electron chi connectivity index (χ4n) is 3.73. The van der Waals surface area contributed by atoms with Crippen molar-refractivity contribution >= 4 is 16.9 Å². The van der Waals surface area contributed by atoms with Crippen molar-refractivity contribution in [1.82, 2.24) is 24.8 Å². The lowest BCUT2D eigenvalue weighted by Crippen LogP contribution is -2.42. The molecule has 3 heterocycles. The summed E-state index contributed by atoms with van der Waals surface area (Å²) < 4.78 is 0. The Labute approximate surface area is 170 Å². The van der Waals surface area contributed by atoms with Gasteiger partial charge in [-0.1, -0.05) is 0 Å². The van der Waals surface area contributed by atoms with Crippen LogP contribution in [0.25, 0.3) is 33.8 Å². The summed E-state index contributed by atoms with van der Waals surface area (Å²) in [7, 11) is 0. The molecule has 4 rings (SSSR count). The molecule has 1 aromatic carbocycles. The van der Waals surface area contributed by atoms with Crippen molar-refractivity contribution in [3.63, 3.8) is 0 Å². The van der Waals surface area contributed by atoms with Gasteiger partial charge in [-0.15, -0.1) is 0 Å². The zero-order valence-corrected chi connectivity index (χ0v) is 17.1. The Kier molecular flexibility index (Phi) is 4.92. The number of nitrogens with one attached hydrogen (secondary N) is 2. The molecule has 6 heteroatoms. The second-order valence-electron chi connectivity index (χ2n) is 7.69. The average Bonchev–Trinajstić information content (AvgIpc) is 3.39. The van der Waals surface area contributed by atoms with Gasteiger partial charge in [0.15, 0.2) is 0 Å². The predicted molar refractivity (Wildman–Crippen MR) is 116 cm³/mol. The number of hydrogen-bond donors (Lipinski definition) is 2. The van der Waals surface area contributed by atoms with Gasteiger partial charge in [-0.2, -0.15) is 0 Å². The van der Waals surface area contributed by atoms with Crippen LogP contribution in [-0.4, -0.2) is 42.8 Å². The highest BCUT2D eigenvalue weighted by Crippen LogP contribution is 2.29. The van der Waals surface area contributed by atoms with E-state index in [1.165, 1.54) is 0 Å². The molecule has 0 aliphatic carbocycles. The Balaban J connectivity index is 1.86. The highest BCUT2D eigenvalue weighted by atomic mass is 16.2. The van der Waals surface area contributed by atoms with Crippen molar-refractivity contribution in [2.45, 2.75) is 39.8 Å². The topological polar surface area (TPSA) is 77.7 Å². The van der Waals surface area contributed by atoms with Crippen molar-refractivity contribution in [3.05, 3.63) is 60.4 Å². The highest BCUT2D eigenvalue weighted by molar-refractivity contribution is 5.98. The molecule has 148 valence electrons. The van der Waals surface area contributed by atoms with Crippen molar-refractivity contribution in [2.24, 2.45) is 0 Å². The second-order valence-corrected chi connectivity index (χ2v) is 7.69. The van der Waals surface area contributed by atoms with Gasteiger partial charge in [0.1, 0.15) is 11.4 Å². The van der Waals surface area contributed by atoms with Crippen LogP contribution in [0.5, 0.6) is 0 Å². The number of fused-ring (bicyclic) bond motifs is 1. The van der Waals surface area contributed by atoms with Gasteiger partial charge < -0.3 is 14.9 Å². The number of rotatable bonds is 5. The van der Waals surface area contributed by atoms with Gasteiger partial charge >= 0.3 is 0 Å². The number of aromatic amines is 2. The normalized spacial score (nSPS) is 11.5. The van der Waals surface area contributed by atoms with Gasteiger partial charge in [-0.05, 0) is 70.2 Å². The Hall–Kier alpha value is -3.41. The molecule has 0 aliphatic heterocycles. The van der Waals surface area contributed by atoms with Crippen molar-refractivity contribution < 1.29 is 4.79 Å². The number of amides is 1. The molecule has 2 N–H and O–H groups in total. The van der Waals surface area contributed by atoms with E-state index in [1.807, 2.05) is 87.5 Å². The number of carbonyl (C=O) groups excluding carboxylic acids is 1. The molecule has 1 amide bonds. The SMILES string of the molecule is CC(C)N(C(=O)c1ccc2nc(-c3ccc[nH]3)c(-c3ccc[nH]3)nc2c1)C(C)C. The quantitative estimate of drug-likeness (QED) is 0.512. The Morgan fingerprint density at radius 2 is 1.38 bits per heavy atom. The lowest BCUT2D eigenvalue weighted by atomic mass is 10.1. The summed E-state index contributed by atoms with van der Waals surface area (Å²) >= 11 is 0. The summed E-state index contributed by atoms with van der Waals surface area (Å²) in [5, 5.41) is 0. The Morgan fingerprint density at radius 1 is 0.828 bits per heavy atom. The van der Waals surface area contributed by atoms with Gasteiger partial charge in [0.25, 0.3) is 5.91 Å². The third-order valence-corrected chi connectivity index (χ3v) is 4.96. The molecule has 0 bridgehead atoms. The standard InChI is InChI=1S/C23H25N5O/c1-14(2)28(15(3)4)23(29)16-9-10-17-20(13-16)27-22(19-8-6-12-25-19)21(26-17)18-7-5-11-24-18/h5-15,24-25H,1-4H3. The Morgan fingerprint density at radius 3 is 1.86 bits per heavy atom. The van der Waals surface area contributed by atoms with Gasteiger partial charge in [0.2, 0.25) is 0 Å². The van der Waals surface area contributed by atoms with E-state index in [1.54, 1.807) is 0 Å². The number of aromatic nitrogens is 4. The van der Waals surface area contributed by atoms with Crippen LogP contribution in [0.2, 0.25) is 0 Å². The zero-order chi connectivity index (χ0) is 20.5. The lowest BCUT2D eigenvalue weighted by molar-refractivity contribution is 0.0644. The first kappa shape index (κ1) is 18.9. The first-order valence-electron chi connectivity index (χ1n) is 9.87. The van der Waals surface area contributed by atoms with Crippen LogP contribution in [0.1, 0.15) is 38.1 Å². The highest BCUT2D eigenvalue weighted by Gasteiger charge is 2.22. The smallest absolute Gasteiger partial charge is 0.254 e. The van der Waals surface area contributed by atoms with Crippen LogP contribution in [-0.2, 0) is 0 Å². The van der Waals surface area contributed by atoms with E-state index in [0.29, 0.717) is 11.1 Å². The maximum atomic E-state index is 13.1. The number of benzene rings is 1. The Bertz CT molecular complexity index is 1120. The molecule has 0 saturated heterocycles. The zero-order valence-electron chi connectivity index (χ0n) is 17.1. The van der Waals surface area contributed by atoms with Gasteiger partial charge in [-0.3, -0.25) is 4.79 Å². The molecule has 0 atom stereocenters. The van der Waals surface area contributed by atoms with Crippen LogP contribution < -0.4 is 0 Å². The molecule has 0 aliphatic rings. The van der Waals surface area contributed by atoms with E-state index in [0.717, 1.165) is 28.3 Å².